The van der Waals surface area contributed by atoms with Gasteiger partial charge in [-0.3, -0.25) is 4.79 Å². The fourth-order valence-corrected chi connectivity index (χ4v) is 2.48. The molecule has 0 spiro atoms. The Morgan fingerprint density at radius 3 is 2.52 bits per heavy atom. The lowest BCUT2D eigenvalue weighted by Gasteiger charge is -2.19. The number of ketones is 1. The molecule has 5 nitrogen and oxygen atoms in total. The van der Waals surface area contributed by atoms with Crippen molar-refractivity contribution in [1.29, 1.82) is 0 Å². The summed E-state index contributed by atoms with van der Waals surface area (Å²) in [5.74, 6) is -0.248. The molecule has 0 amide bonds. The molecular weight excluding hydrogens is 351 g/mol. The van der Waals surface area contributed by atoms with Gasteiger partial charge in [-0.25, -0.2) is 9.18 Å². The number of hydrogen-bond donors (Lipinski definition) is 0. The van der Waals surface area contributed by atoms with Gasteiger partial charge < -0.3 is 14.2 Å². The first kappa shape index (κ1) is 18.6. The van der Waals surface area contributed by atoms with Crippen LogP contribution in [0.25, 0.3) is 6.08 Å². The Morgan fingerprint density at radius 1 is 1.15 bits per heavy atom. The van der Waals surface area contributed by atoms with Gasteiger partial charge in [-0.2, -0.15) is 0 Å². The minimum atomic E-state index is -0.589. The molecule has 0 saturated carbocycles. The highest BCUT2D eigenvalue weighted by Crippen LogP contribution is 2.34. The largest absolute Gasteiger partial charge is 0.482 e. The van der Waals surface area contributed by atoms with E-state index >= 15 is 0 Å². The molecule has 6 heteroatoms. The van der Waals surface area contributed by atoms with Gasteiger partial charge >= 0.3 is 5.97 Å². The molecule has 0 radical (unpaired) electrons. The zero-order valence-electron chi connectivity index (χ0n) is 15.2. The van der Waals surface area contributed by atoms with Crippen LogP contribution in [0.4, 0.5) is 4.39 Å². The SMILES string of the molecule is CC(C)(C)OC(=O)COc1ccc2c(c1)OC(=Cc1ccc(F)cc1)C2=O. The number of esters is 1. The minimum absolute atomic E-state index is 0.140. The number of halogens is 1. The van der Waals surface area contributed by atoms with Gasteiger partial charge in [-0.05, 0) is 56.7 Å². The molecule has 0 N–H and O–H groups in total. The Balaban J connectivity index is 1.70. The van der Waals surface area contributed by atoms with E-state index in [0.717, 1.165) is 0 Å². The Hall–Kier alpha value is -3.15. The normalized spacial score (nSPS) is 14.7. The third-order valence-corrected chi connectivity index (χ3v) is 3.59. The molecule has 2 aromatic carbocycles. The summed E-state index contributed by atoms with van der Waals surface area (Å²) in [6, 6.07) is 10.4. The standard InChI is InChI=1S/C21H19FO5/c1-21(2,3)27-19(23)12-25-15-8-9-16-17(11-15)26-18(20(16)24)10-13-4-6-14(22)7-5-13/h4-11H,12H2,1-3H3. The molecule has 1 aliphatic rings. The maximum Gasteiger partial charge on any atom is 0.344 e. The lowest BCUT2D eigenvalue weighted by atomic mass is 10.1. The van der Waals surface area contributed by atoms with Crippen molar-refractivity contribution in [2.75, 3.05) is 6.61 Å². The van der Waals surface area contributed by atoms with Crippen molar-refractivity contribution in [2.45, 2.75) is 26.4 Å². The number of ether oxygens (including phenoxy) is 3. The molecule has 0 unspecified atom stereocenters. The van der Waals surface area contributed by atoms with Crippen LogP contribution in [0.5, 0.6) is 11.5 Å². The Morgan fingerprint density at radius 2 is 1.85 bits per heavy atom. The first-order chi connectivity index (χ1) is 12.7. The van der Waals surface area contributed by atoms with Gasteiger partial charge in [-0.1, -0.05) is 12.1 Å². The van der Waals surface area contributed by atoms with E-state index in [-0.39, 0.29) is 24.0 Å². The van der Waals surface area contributed by atoms with Gasteiger partial charge in [0.25, 0.3) is 0 Å². The van der Waals surface area contributed by atoms with Crippen LogP contribution in [-0.2, 0) is 9.53 Å². The molecule has 1 heterocycles. The van der Waals surface area contributed by atoms with Gasteiger partial charge in [-0.15, -0.1) is 0 Å². The van der Waals surface area contributed by atoms with Crippen molar-refractivity contribution in [2.24, 2.45) is 0 Å². The number of rotatable bonds is 4. The van der Waals surface area contributed by atoms with Crippen LogP contribution >= 0.6 is 0 Å². The number of carbonyl (C=O) groups is 2. The lowest BCUT2D eigenvalue weighted by Crippen LogP contribution is -2.27. The summed E-state index contributed by atoms with van der Waals surface area (Å²) in [4.78, 5) is 24.1. The first-order valence-corrected chi connectivity index (χ1v) is 8.40. The van der Waals surface area contributed by atoms with E-state index in [4.69, 9.17) is 14.2 Å². The monoisotopic (exact) mass is 370 g/mol. The summed E-state index contributed by atoms with van der Waals surface area (Å²) in [5, 5.41) is 0. The van der Waals surface area contributed by atoms with Crippen LogP contribution in [0.3, 0.4) is 0 Å². The number of hydrogen-bond acceptors (Lipinski definition) is 5. The highest BCUT2D eigenvalue weighted by atomic mass is 19.1. The first-order valence-electron chi connectivity index (χ1n) is 8.40. The molecule has 0 aliphatic carbocycles. The van der Waals surface area contributed by atoms with Gasteiger partial charge in [0.2, 0.25) is 5.78 Å². The summed E-state index contributed by atoms with van der Waals surface area (Å²) < 4.78 is 29.2. The summed E-state index contributed by atoms with van der Waals surface area (Å²) in [6.45, 7) is 5.07. The van der Waals surface area contributed by atoms with E-state index < -0.39 is 11.6 Å². The second-order valence-corrected chi connectivity index (χ2v) is 7.02. The Kier molecular flexibility index (Phi) is 4.99. The second kappa shape index (κ2) is 7.23. The molecule has 0 bridgehead atoms. The quantitative estimate of drug-likeness (QED) is 0.597. The average molecular weight is 370 g/mol. The summed E-state index contributed by atoms with van der Waals surface area (Å²) in [7, 11) is 0. The molecule has 1 aliphatic heterocycles. The molecule has 0 fully saturated rings. The predicted octanol–water partition coefficient (Wildman–Crippen LogP) is 4.16. The highest BCUT2D eigenvalue weighted by Gasteiger charge is 2.28. The Labute approximate surface area is 156 Å². The number of fused-ring (bicyclic) bond motifs is 1. The van der Waals surface area contributed by atoms with Crippen molar-refractivity contribution in [3.05, 3.63) is 65.2 Å². The van der Waals surface area contributed by atoms with E-state index in [2.05, 4.69) is 0 Å². The summed E-state index contributed by atoms with van der Waals surface area (Å²) in [6.07, 6.45) is 1.54. The number of Topliss-reactive ketones (excluding diaryl/α,β-unsaturated/α-hetero) is 1. The molecule has 0 saturated heterocycles. The van der Waals surface area contributed by atoms with Crippen LogP contribution < -0.4 is 9.47 Å². The van der Waals surface area contributed by atoms with Crippen LogP contribution in [-0.4, -0.2) is 24.0 Å². The zero-order valence-corrected chi connectivity index (χ0v) is 15.2. The van der Waals surface area contributed by atoms with Crippen molar-refractivity contribution in [3.8, 4) is 11.5 Å². The van der Waals surface area contributed by atoms with Crippen LogP contribution in [0, 0.1) is 5.82 Å². The molecule has 2 aromatic rings. The van der Waals surface area contributed by atoms with Crippen molar-refractivity contribution >= 4 is 17.8 Å². The maximum absolute atomic E-state index is 13.0. The number of benzene rings is 2. The summed E-state index contributed by atoms with van der Waals surface area (Å²) in [5.41, 5.74) is 0.454. The highest BCUT2D eigenvalue weighted by molar-refractivity contribution is 6.14. The molecule has 0 atom stereocenters. The smallest absolute Gasteiger partial charge is 0.344 e. The van der Waals surface area contributed by atoms with E-state index in [1.165, 1.54) is 12.1 Å². The predicted molar refractivity (Wildman–Crippen MR) is 97.1 cm³/mol. The number of allylic oxidation sites excluding steroid dienone is 1. The molecule has 140 valence electrons. The lowest BCUT2D eigenvalue weighted by molar-refractivity contribution is -0.157. The molecular formula is C21H19FO5. The van der Waals surface area contributed by atoms with E-state index in [1.807, 2.05) is 0 Å². The Bertz CT molecular complexity index is 907. The topological polar surface area (TPSA) is 61.8 Å². The average Bonchev–Trinajstić information content (AvgIpc) is 2.89. The fraction of sp³-hybridized carbons (Fsp3) is 0.238. The number of carbonyl (C=O) groups excluding carboxylic acids is 2. The van der Waals surface area contributed by atoms with Crippen LogP contribution in [0.2, 0.25) is 0 Å². The van der Waals surface area contributed by atoms with Crippen molar-refractivity contribution in [1.82, 2.24) is 0 Å². The van der Waals surface area contributed by atoms with Gasteiger partial charge in [0.1, 0.15) is 22.9 Å². The van der Waals surface area contributed by atoms with Crippen LogP contribution in [0.15, 0.2) is 48.2 Å². The van der Waals surface area contributed by atoms with Crippen LogP contribution in [0.1, 0.15) is 36.7 Å². The minimum Gasteiger partial charge on any atom is -0.482 e. The maximum atomic E-state index is 13.0. The zero-order chi connectivity index (χ0) is 19.6. The third kappa shape index (κ3) is 4.73. The molecule has 0 aromatic heterocycles. The van der Waals surface area contributed by atoms with E-state index in [9.17, 15) is 14.0 Å². The molecule has 3 rings (SSSR count). The second-order valence-electron chi connectivity index (χ2n) is 7.02. The van der Waals surface area contributed by atoms with Gasteiger partial charge in [0.15, 0.2) is 12.4 Å². The van der Waals surface area contributed by atoms with Crippen molar-refractivity contribution < 1.29 is 28.2 Å². The fourth-order valence-electron chi connectivity index (χ4n) is 2.48. The van der Waals surface area contributed by atoms with Gasteiger partial charge in [0, 0.05) is 6.07 Å². The summed E-state index contributed by atoms with van der Waals surface area (Å²) >= 11 is 0. The van der Waals surface area contributed by atoms with Crippen molar-refractivity contribution in [3.63, 3.8) is 0 Å². The molecule has 27 heavy (non-hydrogen) atoms. The van der Waals surface area contributed by atoms with E-state index in [1.54, 1.807) is 57.2 Å². The van der Waals surface area contributed by atoms with E-state index in [0.29, 0.717) is 22.6 Å². The third-order valence-electron chi connectivity index (χ3n) is 3.59. The van der Waals surface area contributed by atoms with Gasteiger partial charge in [0.05, 0.1) is 5.56 Å².